The topological polar surface area (TPSA) is 78.6 Å². The van der Waals surface area contributed by atoms with E-state index >= 15 is 0 Å². The molecule has 0 radical (unpaired) electrons. The monoisotopic (exact) mass is 462 g/mol. The average molecular weight is 463 g/mol. The molecule has 0 bridgehead atoms. The molecule has 7 nitrogen and oxygen atoms in total. The van der Waals surface area contributed by atoms with Gasteiger partial charge in [0.15, 0.2) is 11.5 Å². The maximum atomic E-state index is 5.54. The molecular weight excluding hydrogens is 444 g/mol. The van der Waals surface area contributed by atoms with E-state index < -0.39 is 0 Å². The van der Waals surface area contributed by atoms with Crippen molar-refractivity contribution in [2.24, 2.45) is 0 Å². The highest BCUT2D eigenvalue weighted by Gasteiger charge is 2.32. The third-order valence-electron chi connectivity index (χ3n) is 6.00. The van der Waals surface area contributed by atoms with E-state index in [1.54, 1.807) is 13.4 Å². The van der Waals surface area contributed by atoms with Crippen molar-refractivity contribution >= 4 is 27.0 Å². The largest absolute Gasteiger partial charge is 0.480 e. The van der Waals surface area contributed by atoms with Gasteiger partial charge in [-0.25, -0.2) is 24.6 Å². The molecular formula is C22H19BrN6O. The molecule has 3 heterocycles. The molecule has 1 aromatic carbocycles. The molecule has 150 valence electrons. The van der Waals surface area contributed by atoms with E-state index in [0.29, 0.717) is 17.6 Å². The van der Waals surface area contributed by atoms with Gasteiger partial charge in [0.2, 0.25) is 5.88 Å². The zero-order valence-electron chi connectivity index (χ0n) is 16.4. The van der Waals surface area contributed by atoms with Gasteiger partial charge < -0.3 is 4.74 Å². The second kappa shape index (κ2) is 6.84. The molecule has 1 saturated carbocycles. The number of methoxy groups -OCH3 is 1. The van der Waals surface area contributed by atoms with E-state index in [9.17, 15) is 0 Å². The Morgan fingerprint density at radius 2 is 2.00 bits per heavy atom. The van der Waals surface area contributed by atoms with Crippen LogP contribution in [0.15, 0.2) is 41.4 Å². The van der Waals surface area contributed by atoms with Crippen LogP contribution in [-0.4, -0.2) is 36.8 Å². The van der Waals surface area contributed by atoms with Gasteiger partial charge in [0.05, 0.1) is 30.4 Å². The number of benzene rings is 1. The van der Waals surface area contributed by atoms with Crippen molar-refractivity contribution in [1.29, 1.82) is 0 Å². The number of hydrogen-bond donors (Lipinski definition) is 0. The lowest BCUT2D eigenvalue weighted by Crippen LogP contribution is -2.10. The molecule has 0 spiro atoms. The SMILES string of the molecule is COc1ncnc(C2CC2)c1-c1ncc2cnn(C3CCc4cc(Br)ccc43)c2n1. The Bertz CT molecular complexity index is 1280. The summed E-state index contributed by atoms with van der Waals surface area (Å²) in [5, 5.41) is 5.61. The smallest absolute Gasteiger partial charge is 0.227 e. The van der Waals surface area contributed by atoms with Crippen LogP contribution in [0.1, 0.15) is 48.0 Å². The third kappa shape index (κ3) is 2.81. The van der Waals surface area contributed by atoms with E-state index in [0.717, 1.165) is 52.4 Å². The number of halogens is 1. The molecule has 2 aliphatic carbocycles. The molecule has 4 aromatic rings. The first kappa shape index (κ1) is 17.9. The molecule has 3 aromatic heterocycles. The fourth-order valence-corrected chi connectivity index (χ4v) is 4.82. The van der Waals surface area contributed by atoms with Crippen molar-refractivity contribution in [3.05, 3.63) is 58.2 Å². The van der Waals surface area contributed by atoms with E-state index in [1.807, 2.05) is 17.1 Å². The highest BCUT2D eigenvalue weighted by molar-refractivity contribution is 9.10. The Balaban J connectivity index is 1.50. The number of fused-ring (bicyclic) bond motifs is 2. The Hall–Kier alpha value is -2.87. The molecule has 1 fully saturated rings. The van der Waals surface area contributed by atoms with Crippen LogP contribution < -0.4 is 4.74 Å². The summed E-state index contributed by atoms with van der Waals surface area (Å²) >= 11 is 3.58. The van der Waals surface area contributed by atoms with Crippen LogP contribution in [0.5, 0.6) is 5.88 Å². The Kier molecular flexibility index (Phi) is 4.09. The predicted molar refractivity (Wildman–Crippen MR) is 115 cm³/mol. The fraction of sp³-hybridized carbons (Fsp3) is 0.318. The Morgan fingerprint density at radius 3 is 2.83 bits per heavy atom. The van der Waals surface area contributed by atoms with Crippen LogP contribution >= 0.6 is 15.9 Å². The number of rotatable bonds is 4. The zero-order valence-corrected chi connectivity index (χ0v) is 18.0. The quantitative estimate of drug-likeness (QED) is 0.445. The Morgan fingerprint density at radius 1 is 1.10 bits per heavy atom. The summed E-state index contributed by atoms with van der Waals surface area (Å²) in [4.78, 5) is 18.4. The van der Waals surface area contributed by atoms with Gasteiger partial charge in [-0.2, -0.15) is 5.10 Å². The van der Waals surface area contributed by atoms with Crippen LogP contribution in [0, 0.1) is 0 Å². The zero-order chi connectivity index (χ0) is 20.2. The van der Waals surface area contributed by atoms with Crippen LogP contribution in [-0.2, 0) is 6.42 Å². The summed E-state index contributed by atoms with van der Waals surface area (Å²) in [5.41, 5.74) is 5.27. The highest BCUT2D eigenvalue weighted by Crippen LogP contribution is 2.45. The normalized spacial score (nSPS) is 18.0. The van der Waals surface area contributed by atoms with Gasteiger partial charge in [-0.05, 0) is 48.9 Å². The summed E-state index contributed by atoms with van der Waals surface area (Å²) in [6.45, 7) is 0. The maximum absolute atomic E-state index is 5.54. The summed E-state index contributed by atoms with van der Waals surface area (Å²) in [6.07, 6.45) is 9.53. The first-order valence-electron chi connectivity index (χ1n) is 10.1. The van der Waals surface area contributed by atoms with E-state index in [2.05, 4.69) is 54.2 Å². The van der Waals surface area contributed by atoms with Crippen molar-refractivity contribution in [2.45, 2.75) is 37.6 Å². The van der Waals surface area contributed by atoms with Gasteiger partial charge in [0, 0.05) is 16.6 Å². The second-order valence-electron chi connectivity index (χ2n) is 7.88. The molecule has 0 aliphatic heterocycles. The summed E-state index contributed by atoms with van der Waals surface area (Å²) in [5.74, 6) is 1.55. The lowest BCUT2D eigenvalue weighted by atomic mass is 10.1. The van der Waals surface area contributed by atoms with Gasteiger partial charge >= 0.3 is 0 Å². The molecule has 0 amide bonds. The third-order valence-corrected chi connectivity index (χ3v) is 6.50. The fourth-order valence-electron chi connectivity index (χ4n) is 4.42. The first-order valence-corrected chi connectivity index (χ1v) is 10.9. The standard InChI is InChI=1S/C22H19BrN6O/c1-30-22-18(19(12-2-3-12)25-11-26-22)20-24-9-14-10-27-29(21(14)28-20)17-7-4-13-8-15(23)5-6-16(13)17/h5-6,8-12,17H,2-4,7H2,1H3. The molecule has 8 heteroatoms. The minimum absolute atomic E-state index is 0.171. The average Bonchev–Trinajstić information content (AvgIpc) is 3.42. The van der Waals surface area contributed by atoms with Crippen LogP contribution in [0.25, 0.3) is 22.4 Å². The van der Waals surface area contributed by atoms with Gasteiger partial charge in [0.1, 0.15) is 11.9 Å². The highest BCUT2D eigenvalue weighted by atomic mass is 79.9. The first-order chi connectivity index (χ1) is 14.7. The molecule has 0 saturated heterocycles. The van der Waals surface area contributed by atoms with E-state index in [-0.39, 0.29) is 6.04 Å². The molecule has 30 heavy (non-hydrogen) atoms. The molecule has 1 unspecified atom stereocenters. The maximum Gasteiger partial charge on any atom is 0.227 e. The molecule has 0 N–H and O–H groups in total. The predicted octanol–water partition coefficient (Wildman–Crippen LogP) is 4.47. The molecule has 1 atom stereocenters. The van der Waals surface area contributed by atoms with Crippen molar-refractivity contribution in [1.82, 2.24) is 29.7 Å². The number of hydrogen-bond acceptors (Lipinski definition) is 6. The summed E-state index contributed by atoms with van der Waals surface area (Å²) < 4.78 is 8.69. The second-order valence-corrected chi connectivity index (χ2v) is 8.79. The van der Waals surface area contributed by atoms with Crippen molar-refractivity contribution < 1.29 is 4.74 Å². The minimum atomic E-state index is 0.171. The van der Waals surface area contributed by atoms with Gasteiger partial charge in [-0.1, -0.05) is 22.0 Å². The van der Waals surface area contributed by atoms with E-state index in [1.165, 1.54) is 11.1 Å². The summed E-state index contributed by atoms with van der Waals surface area (Å²) in [7, 11) is 1.62. The lowest BCUT2D eigenvalue weighted by molar-refractivity contribution is 0.397. The summed E-state index contributed by atoms with van der Waals surface area (Å²) in [6, 6.07) is 6.66. The Labute approximate surface area is 181 Å². The van der Waals surface area contributed by atoms with Crippen LogP contribution in [0.3, 0.4) is 0 Å². The number of aryl methyl sites for hydroxylation is 1. The lowest BCUT2D eigenvalue weighted by Gasteiger charge is -2.14. The van der Waals surface area contributed by atoms with Crippen LogP contribution in [0.2, 0.25) is 0 Å². The number of ether oxygens (including phenoxy) is 1. The van der Waals surface area contributed by atoms with Gasteiger partial charge in [-0.3, -0.25) is 0 Å². The number of nitrogens with zero attached hydrogens (tertiary/aromatic N) is 6. The van der Waals surface area contributed by atoms with Crippen LogP contribution in [0.4, 0.5) is 0 Å². The van der Waals surface area contributed by atoms with Crippen molar-refractivity contribution in [3.63, 3.8) is 0 Å². The van der Waals surface area contributed by atoms with Gasteiger partial charge in [-0.15, -0.1) is 0 Å². The van der Waals surface area contributed by atoms with E-state index in [4.69, 9.17) is 9.72 Å². The van der Waals surface area contributed by atoms with Crippen molar-refractivity contribution in [3.8, 4) is 17.3 Å². The minimum Gasteiger partial charge on any atom is -0.480 e. The molecule has 2 aliphatic rings. The van der Waals surface area contributed by atoms with Gasteiger partial charge in [0.25, 0.3) is 0 Å². The van der Waals surface area contributed by atoms with Crippen molar-refractivity contribution in [2.75, 3.05) is 7.11 Å². The number of aromatic nitrogens is 6. The molecule has 6 rings (SSSR count).